The molecule has 2 aromatic heterocycles. The summed E-state index contributed by atoms with van der Waals surface area (Å²) in [6.07, 6.45) is 4.68. The highest BCUT2D eigenvalue weighted by atomic mass is 16.1. The molecule has 1 amide bonds. The SMILES string of the molecule is O=C(Nc1cccc2cccnc12)c1cnc(Nc2ccccc2)nc1. The molecular formula is C20H15N5O. The van der Waals surface area contributed by atoms with Crippen LogP contribution in [0.15, 0.2) is 79.3 Å². The van der Waals surface area contributed by atoms with E-state index in [0.717, 1.165) is 16.6 Å². The van der Waals surface area contributed by atoms with Crippen LogP contribution in [-0.4, -0.2) is 20.9 Å². The Balaban J connectivity index is 1.51. The van der Waals surface area contributed by atoms with E-state index in [1.807, 2.05) is 60.7 Å². The number of anilines is 3. The van der Waals surface area contributed by atoms with Crippen LogP contribution in [-0.2, 0) is 0 Å². The highest BCUT2D eigenvalue weighted by Gasteiger charge is 2.10. The van der Waals surface area contributed by atoms with Crippen molar-refractivity contribution in [2.24, 2.45) is 0 Å². The van der Waals surface area contributed by atoms with Gasteiger partial charge in [-0.25, -0.2) is 9.97 Å². The lowest BCUT2D eigenvalue weighted by atomic mass is 10.2. The molecule has 2 heterocycles. The minimum absolute atomic E-state index is 0.283. The minimum Gasteiger partial charge on any atom is -0.324 e. The first kappa shape index (κ1) is 15.7. The number of fused-ring (bicyclic) bond motifs is 1. The summed E-state index contributed by atoms with van der Waals surface area (Å²) in [7, 11) is 0. The Morgan fingerprint density at radius 2 is 1.58 bits per heavy atom. The predicted octanol–water partition coefficient (Wildman–Crippen LogP) is 4.02. The summed E-state index contributed by atoms with van der Waals surface area (Å²) in [4.78, 5) is 25.2. The zero-order valence-electron chi connectivity index (χ0n) is 13.8. The van der Waals surface area contributed by atoms with E-state index in [9.17, 15) is 4.79 Å². The Morgan fingerprint density at radius 3 is 2.38 bits per heavy atom. The van der Waals surface area contributed by atoms with Gasteiger partial charge in [0.15, 0.2) is 0 Å². The molecule has 26 heavy (non-hydrogen) atoms. The van der Waals surface area contributed by atoms with E-state index < -0.39 is 0 Å². The fraction of sp³-hybridized carbons (Fsp3) is 0. The topological polar surface area (TPSA) is 79.8 Å². The average Bonchev–Trinajstić information content (AvgIpc) is 2.70. The molecular weight excluding hydrogens is 326 g/mol. The molecule has 4 aromatic rings. The van der Waals surface area contributed by atoms with Gasteiger partial charge in [-0.1, -0.05) is 36.4 Å². The van der Waals surface area contributed by atoms with Crippen LogP contribution in [0.25, 0.3) is 10.9 Å². The van der Waals surface area contributed by atoms with E-state index in [1.165, 1.54) is 12.4 Å². The molecule has 126 valence electrons. The van der Waals surface area contributed by atoms with E-state index in [-0.39, 0.29) is 5.91 Å². The van der Waals surface area contributed by atoms with Crippen molar-refractivity contribution in [2.45, 2.75) is 0 Å². The molecule has 6 heteroatoms. The Kier molecular flexibility index (Phi) is 4.22. The highest BCUT2D eigenvalue weighted by Crippen LogP contribution is 2.21. The Morgan fingerprint density at radius 1 is 0.808 bits per heavy atom. The second-order valence-corrected chi connectivity index (χ2v) is 5.62. The van der Waals surface area contributed by atoms with E-state index in [1.54, 1.807) is 6.20 Å². The number of aromatic nitrogens is 3. The van der Waals surface area contributed by atoms with Gasteiger partial charge < -0.3 is 10.6 Å². The highest BCUT2D eigenvalue weighted by molar-refractivity contribution is 6.08. The summed E-state index contributed by atoms with van der Waals surface area (Å²) in [6.45, 7) is 0. The van der Waals surface area contributed by atoms with Gasteiger partial charge in [0.25, 0.3) is 5.91 Å². The quantitative estimate of drug-likeness (QED) is 0.586. The Hall–Kier alpha value is -3.80. The van der Waals surface area contributed by atoms with Crippen LogP contribution in [0.1, 0.15) is 10.4 Å². The number of benzene rings is 2. The number of carbonyl (C=O) groups excluding carboxylic acids is 1. The molecule has 4 rings (SSSR count). The first-order valence-corrected chi connectivity index (χ1v) is 8.09. The summed E-state index contributed by atoms with van der Waals surface area (Å²) in [5, 5.41) is 6.91. The van der Waals surface area contributed by atoms with Crippen molar-refractivity contribution in [1.82, 2.24) is 15.0 Å². The number of carbonyl (C=O) groups is 1. The monoisotopic (exact) mass is 341 g/mol. The first-order chi connectivity index (χ1) is 12.8. The van der Waals surface area contributed by atoms with Crippen LogP contribution in [0.4, 0.5) is 17.3 Å². The Labute approximate surface area is 150 Å². The number of para-hydroxylation sites is 2. The smallest absolute Gasteiger partial charge is 0.258 e. The van der Waals surface area contributed by atoms with Crippen LogP contribution in [0.2, 0.25) is 0 Å². The van der Waals surface area contributed by atoms with Gasteiger partial charge in [-0.2, -0.15) is 0 Å². The molecule has 0 spiro atoms. The molecule has 2 N–H and O–H groups in total. The standard InChI is InChI=1S/C20H15N5O/c26-19(25-17-10-4-6-14-7-5-11-21-18(14)17)15-12-22-20(23-13-15)24-16-8-2-1-3-9-16/h1-13H,(H,25,26)(H,22,23,24). The van der Waals surface area contributed by atoms with E-state index in [0.29, 0.717) is 17.2 Å². The molecule has 0 atom stereocenters. The molecule has 0 bridgehead atoms. The zero-order chi connectivity index (χ0) is 17.8. The van der Waals surface area contributed by atoms with Crippen LogP contribution in [0, 0.1) is 0 Å². The van der Waals surface area contributed by atoms with Crippen molar-refractivity contribution in [1.29, 1.82) is 0 Å². The summed E-state index contributed by atoms with van der Waals surface area (Å²) < 4.78 is 0. The molecule has 0 unspecified atom stereocenters. The number of rotatable bonds is 4. The van der Waals surface area contributed by atoms with Gasteiger partial charge in [0, 0.05) is 29.7 Å². The summed E-state index contributed by atoms with van der Waals surface area (Å²) >= 11 is 0. The minimum atomic E-state index is -0.283. The van der Waals surface area contributed by atoms with Crippen molar-refractivity contribution >= 4 is 34.1 Å². The molecule has 0 aliphatic carbocycles. The number of nitrogens with zero attached hydrogens (tertiary/aromatic N) is 3. The number of hydrogen-bond donors (Lipinski definition) is 2. The lowest BCUT2D eigenvalue weighted by molar-refractivity contribution is 0.102. The maximum Gasteiger partial charge on any atom is 0.258 e. The van der Waals surface area contributed by atoms with Crippen LogP contribution >= 0.6 is 0 Å². The number of hydrogen-bond acceptors (Lipinski definition) is 5. The number of pyridine rings is 1. The van der Waals surface area contributed by atoms with Gasteiger partial charge >= 0.3 is 0 Å². The Bertz CT molecular complexity index is 1040. The van der Waals surface area contributed by atoms with Crippen LogP contribution < -0.4 is 10.6 Å². The third-order valence-electron chi connectivity index (χ3n) is 3.82. The maximum absolute atomic E-state index is 12.5. The van der Waals surface area contributed by atoms with Crippen LogP contribution in [0.5, 0.6) is 0 Å². The van der Waals surface area contributed by atoms with Gasteiger partial charge in [0.1, 0.15) is 0 Å². The average molecular weight is 341 g/mol. The maximum atomic E-state index is 12.5. The third kappa shape index (κ3) is 3.34. The summed E-state index contributed by atoms with van der Waals surface area (Å²) in [6, 6.07) is 19.1. The zero-order valence-corrected chi connectivity index (χ0v) is 13.8. The molecule has 0 saturated heterocycles. The van der Waals surface area contributed by atoms with Gasteiger partial charge in [-0.3, -0.25) is 9.78 Å². The molecule has 2 aromatic carbocycles. The molecule has 0 saturated carbocycles. The summed E-state index contributed by atoms with van der Waals surface area (Å²) in [5.74, 6) is 0.147. The fourth-order valence-corrected chi connectivity index (χ4v) is 2.56. The molecule has 0 fully saturated rings. The van der Waals surface area contributed by atoms with Gasteiger partial charge in [-0.15, -0.1) is 0 Å². The van der Waals surface area contributed by atoms with Crippen molar-refractivity contribution in [2.75, 3.05) is 10.6 Å². The second-order valence-electron chi connectivity index (χ2n) is 5.62. The molecule has 0 radical (unpaired) electrons. The van der Waals surface area contributed by atoms with E-state index in [4.69, 9.17) is 0 Å². The van der Waals surface area contributed by atoms with Crippen molar-refractivity contribution in [3.05, 3.63) is 84.8 Å². The van der Waals surface area contributed by atoms with E-state index >= 15 is 0 Å². The molecule has 0 aliphatic heterocycles. The fourth-order valence-electron chi connectivity index (χ4n) is 2.56. The lowest BCUT2D eigenvalue weighted by Gasteiger charge is -2.08. The normalized spacial score (nSPS) is 10.5. The first-order valence-electron chi connectivity index (χ1n) is 8.09. The van der Waals surface area contributed by atoms with Gasteiger partial charge in [0.05, 0.1) is 16.8 Å². The molecule has 6 nitrogen and oxygen atoms in total. The summed E-state index contributed by atoms with van der Waals surface area (Å²) in [5.41, 5.74) is 2.65. The third-order valence-corrected chi connectivity index (χ3v) is 3.82. The van der Waals surface area contributed by atoms with Crippen molar-refractivity contribution < 1.29 is 4.79 Å². The number of nitrogens with one attached hydrogen (secondary N) is 2. The lowest BCUT2D eigenvalue weighted by Crippen LogP contribution is -2.13. The van der Waals surface area contributed by atoms with Gasteiger partial charge in [0.2, 0.25) is 5.95 Å². The van der Waals surface area contributed by atoms with Crippen molar-refractivity contribution in [3.63, 3.8) is 0 Å². The van der Waals surface area contributed by atoms with E-state index in [2.05, 4.69) is 25.6 Å². The predicted molar refractivity (Wildman–Crippen MR) is 101 cm³/mol. The largest absolute Gasteiger partial charge is 0.324 e. The van der Waals surface area contributed by atoms with Crippen LogP contribution in [0.3, 0.4) is 0 Å². The second kappa shape index (κ2) is 6.98. The van der Waals surface area contributed by atoms with Gasteiger partial charge in [-0.05, 0) is 24.3 Å². The number of amides is 1. The van der Waals surface area contributed by atoms with Crippen molar-refractivity contribution in [3.8, 4) is 0 Å². The molecule has 0 aliphatic rings.